The van der Waals surface area contributed by atoms with Gasteiger partial charge in [-0.15, -0.1) is 0 Å². The van der Waals surface area contributed by atoms with Crippen molar-refractivity contribution in [3.05, 3.63) is 58.4 Å². The molecule has 1 spiro atoms. The first-order valence-corrected chi connectivity index (χ1v) is 13.2. The molecule has 37 heavy (non-hydrogen) atoms. The predicted octanol–water partition coefficient (Wildman–Crippen LogP) is 3.20. The number of nitrogens with one attached hydrogen (secondary N) is 2. The summed E-state index contributed by atoms with van der Waals surface area (Å²) < 4.78 is 11.4. The second-order valence-corrected chi connectivity index (χ2v) is 10.5. The number of carbonyl (C=O) groups excluding carboxylic acids is 1. The van der Waals surface area contributed by atoms with Crippen LogP contribution in [-0.2, 0) is 23.0 Å². The standard InChI is InChI=1S/C29H29N5O3/c30-15-20-13-18(2-4-24(20)37-12-9-34-7-10-36-11-8-34)23-14-22-19(16-31-23)1-3-21-25-27(33-26(21)22)29(5-6-29)17-32-28(25)35/h2,4,13-14,16,33H,1,3,5-12,17H2,(H,32,35). The number of aromatic amines is 1. The molecular formula is C29H29N5O3. The normalized spacial score (nSPS) is 19.4. The van der Waals surface area contributed by atoms with Crippen molar-refractivity contribution in [3.63, 3.8) is 0 Å². The number of amides is 1. The molecule has 2 fully saturated rings. The van der Waals surface area contributed by atoms with Gasteiger partial charge in [-0.3, -0.25) is 14.7 Å². The van der Waals surface area contributed by atoms with Gasteiger partial charge in [-0.2, -0.15) is 5.26 Å². The number of benzene rings is 1. The van der Waals surface area contributed by atoms with Crippen LogP contribution in [0.4, 0.5) is 0 Å². The molecule has 1 amide bonds. The van der Waals surface area contributed by atoms with Crippen LogP contribution in [0.2, 0.25) is 0 Å². The SMILES string of the molecule is N#Cc1cc(-c2cc3c(cn2)CCc2c-3[nH]c3c2C(=O)NCC32CC2)ccc1OCCN1CCOCC1. The Morgan fingerprint density at radius 1 is 1.19 bits per heavy atom. The first-order valence-electron chi connectivity index (χ1n) is 13.2. The summed E-state index contributed by atoms with van der Waals surface area (Å²) >= 11 is 0. The molecule has 4 heterocycles. The Morgan fingerprint density at radius 2 is 2.05 bits per heavy atom. The Labute approximate surface area is 215 Å². The van der Waals surface area contributed by atoms with E-state index in [4.69, 9.17) is 14.5 Å². The molecule has 0 radical (unpaired) electrons. The predicted molar refractivity (Wildman–Crippen MR) is 138 cm³/mol. The van der Waals surface area contributed by atoms with Crippen molar-refractivity contribution in [2.45, 2.75) is 31.1 Å². The Hall–Kier alpha value is -3.67. The van der Waals surface area contributed by atoms with E-state index in [2.05, 4.69) is 27.3 Å². The van der Waals surface area contributed by atoms with Gasteiger partial charge in [-0.05, 0) is 61.1 Å². The molecule has 1 saturated heterocycles. The number of morpholine rings is 1. The van der Waals surface area contributed by atoms with Crippen molar-refractivity contribution >= 4 is 5.91 Å². The summed E-state index contributed by atoms with van der Waals surface area (Å²) in [6, 6.07) is 10.1. The van der Waals surface area contributed by atoms with Gasteiger partial charge in [-0.25, -0.2) is 0 Å². The van der Waals surface area contributed by atoms with Crippen molar-refractivity contribution in [3.8, 4) is 34.3 Å². The number of aryl methyl sites for hydroxylation is 1. The molecule has 2 aliphatic carbocycles. The van der Waals surface area contributed by atoms with Crippen LogP contribution >= 0.6 is 0 Å². The van der Waals surface area contributed by atoms with E-state index in [0.717, 1.165) is 104 Å². The lowest BCUT2D eigenvalue weighted by molar-refractivity contribution is 0.0322. The average Bonchev–Trinajstić information content (AvgIpc) is 3.60. The van der Waals surface area contributed by atoms with Gasteiger partial charge >= 0.3 is 0 Å². The highest BCUT2D eigenvalue weighted by Crippen LogP contribution is 2.52. The molecule has 4 aliphatic rings. The minimum Gasteiger partial charge on any atom is -0.491 e. The largest absolute Gasteiger partial charge is 0.491 e. The average molecular weight is 496 g/mol. The van der Waals surface area contributed by atoms with Crippen LogP contribution in [0.15, 0.2) is 30.5 Å². The Bertz CT molecular complexity index is 1440. The molecule has 0 bridgehead atoms. The molecule has 2 aliphatic heterocycles. The van der Waals surface area contributed by atoms with Crippen molar-refractivity contribution in [2.24, 2.45) is 0 Å². The number of nitriles is 1. The summed E-state index contributed by atoms with van der Waals surface area (Å²) in [6.45, 7) is 5.40. The minimum atomic E-state index is 0.0469. The molecule has 7 rings (SSSR count). The number of hydrogen-bond donors (Lipinski definition) is 2. The third-order valence-electron chi connectivity index (χ3n) is 8.37. The molecule has 1 saturated carbocycles. The fraction of sp³-hybridized carbons (Fsp3) is 0.414. The Kier molecular flexibility index (Phi) is 5.31. The number of hydrogen-bond acceptors (Lipinski definition) is 6. The maximum atomic E-state index is 12.8. The molecule has 3 aromatic rings. The first kappa shape index (κ1) is 22.5. The van der Waals surface area contributed by atoms with Crippen LogP contribution in [-0.4, -0.2) is 66.8 Å². The Balaban J connectivity index is 1.17. The van der Waals surface area contributed by atoms with Crippen molar-refractivity contribution in [1.82, 2.24) is 20.2 Å². The lowest BCUT2D eigenvalue weighted by Crippen LogP contribution is -2.39. The van der Waals surface area contributed by atoms with Gasteiger partial charge in [0.1, 0.15) is 18.4 Å². The molecule has 0 atom stereocenters. The highest BCUT2D eigenvalue weighted by molar-refractivity contribution is 6.01. The lowest BCUT2D eigenvalue weighted by Gasteiger charge is -2.26. The zero-order valence-corrected chi connectivity index (χ0v) is 20.7. The van der Waals surface area contributed by atoms with E-state index < -0.39 is 0 Å². The van der Waals surface area contributed by atoms with Gasteiger partial charge in [0.15, 0.2) is 0 Å². The fourth-order valence-electron chi connectivity index (χ4n) is 6.02. The van der Waals surface area contributed by atoms with E-state index in [1.54, 1.807) is 0 Å². The summed E-state index contributed by atoms with van der Waals surface area (Å²) in [6.07, 6.45) is 5.88. The number of ether oxygens (including phenoxy) is 2. The number of aromatic nitrogens is 2. The number of rotatable bonds is 5. The first-order chi connectivity index (χ1) is 18.1. The second-order valence-electron chi connectivity index (χ2n) is 10.5. The molecule has 2 aromatic heterocycles. The van der Waals surface area contributed by atoms with E-state index in [-0.39, 0.29) is 11.3 Å². The molecule has 8 heteroatoms. The Morgan fingerprint density at radius 3 is 2.86 bits per heavy atom. The van der Waals surface area contributed by atoms with E-state index in [0.29, 0.717) is 17.9 Å². The fourth-order valence-corrected chi connectivity index (χ4v) is 6.02. The van der Waals surface area contributed by atoms with Crippen LogP contribution in [0.25, 0.3) is 22.5 Å². The van der Waals surface area contributed by atoms with Gasteiger partial charge in [0, 0.05) is 54.6 Å². The van der Waals surface area contributed by atoms with Crippen LogP contribution in [0, 0.1) is 11.3 Å². The number of carbonyl (C=O) groups is 1. The summed E-state index contributed by atoms with van der Waals surface area (Å²) in [5.74, 6) is 0.642. The van der Waals surface area contributed by atoms with Crippen molar-refractivity contribution in [1.29, 1.82) is 5.26 Å². The summed E-state index contributed by atoms with van der Waals surface area (Å²) in [5.41, 5.74) is 8.74. The summed E-state index contributed by atoms with van der Waals surface area (Å²) in [7, 11) is 0. The molecular weight excluding hydrogens is 466 g/mol. The van der Waals surface area contributed by atoms with Gasteiger partial charge < -0.3 is 19.8 Å². The number of nitrogens with zero attached hydrogens (tertiary/aromatic N) is 3. The highest BCUT2D eigenvalue weighted by atomic mass is 16.5. The highest BCUT2D eigenvalue weighted by Gasteiger charge is 2.51. The minimum absolute atomic E-state index is 0.0469. The van der Waals surface area contributed by atoms with Gasteiger partial charge in [0.25, 0.3) is 5.91 Å². The zero-order valence-electron chi connectivity index (χ0n) is 20.7. The van der Waals surface area contributed by atoms with E-state index >= 15 is 0 Å². The third kappa shape index (κ3) is 3.81. The van der Waals surface area contributed by atoms with Gasteiger partial charge in [0.05, 0.1) is 35.7 Å². The van der Waals surface area contributed by atoms with E-state index in [1.165, 1.54) is 5.56 Å². The topological polar surface area (TPSA) is 103 Å². The van der Waals surface area contributed by atoms with Crippen LogP contribution in [0.5, 0.6) is 5.75 Å². The van der Waals surface area contributed by atoms with Gasteiger partial charge in [0.2, 0.25) is 0 Å². The van der Waals surface area contributed by atoms with Crippen LogP contribution in [0.3, 0.4) is 0 Å². The van der Waals surface area contributed by atoms with E-state index in [9.17, 15) is 10.1 Å². The molecule has 188 valence electrons. The molecule has 0 unspecified atom stereocenters. The monoisotopic (exact) mass is 495 g/mol. The number of pyridine rings is 1. The maximum absolute atomic E-state index is 12.8. The van der Waals surface area contributed by atoms with Gasteiger partial charge in [-0.1, -0.05) is 0 Å². The van der Waals surface area contributed by atoms with Crippen molar-refractivity contribution in [2.75, 3.05) is 46.0 Å². The summed E-state index contributed by atoms with van der Waals surface area (Å²) in [5, 5.41) is 12.9. The maximum Gasteiger partial charge on any atom is 0.253 e. The third-order valence-corrected chi connectivity index (χ3v) is 8.37. The lowest BCUT2D eigenvalue weighted by atomic mass is 9.86. The van der Waals surface area contributed by atoms with Crippen molar-refractivity contribution < 1.29 is 14.3 Å². The number of fused-ring (bicyclic) bond motifs is 6. The number of H-pyrrole nitrogens is 1. The molecule has 1 aromatic carbocycles. The molecule has 2 N–H and O–H groups in total. The molecule has 8 nitrogen and oxygen atoms in total. The van der Waals surface area contributed by atoms with Crippen LogP contribution in [0.1, 0.15) is 45.6 Å². The second kappa shape index (κ2) is 8.72. The van der Waals surface area contributed by atoms with Crippen LogP contribution < -0.4 is 10.1 Å². The zero-order chi connectivity index (χ0) is 25.0. The van der Waals surface area contributed by atoms with E-state index in [1.807, 2.05) is 24.4 Å². The smallest absolute Gasteiger partial charge is 0.253 e. The summed E-state index contributed by atoms with van der Waals surface area (Å²) in [4.78, 5) is 23.5. The quantitative estimate of drug-likeness (QED) is 0.564.